The minimum Gasteiger partial charge on any atom is -0.349 e. The summed E-state index contributed by atoms with van der Waals surface area (Å²) in [6.07, 6.45) is 4.08. The molecule has 2 aromatic rings. The summed E-state index contributed by atoms with van der Waals surface area (Å²) in [5, 5.41) is 8.34. The predicted octanol–water partition coefficient (Wildman–Crippen LogP) is 1.99. The molecule has 1 aliphatic heterocycles. The Balaban J connectivity index is 1.68. The minimum absolute atomic E-state index is 0.104. The number of nitrogens with zero attached hydrogens (tertiary/aromatic N) is 2. The van der Waals surface area contributed by atoms with Gasteiger partial charge in [0.15, 0.2) is 0 Å². The van der Waals surface area contributed by atoms with Crippen LogP contribution >= 0.6 is 11.8 Å². The molecule has 29 heavy (non-hydrogen) atoms. The second-order valence-corrected chi connectivity index (χ2v) is 7.46. The number of anilines is 2. The number of thioether (sulfide) groups is 1. The standard InChI is InChI=1S/C20H23N5O3S/c1-29-11-9-16(19(27)22-12-14-6-4-5-10-21-14)24-20(28)25-13-18(26)23-15-7-2-3-8-17(15)25/h2-8,10,16H,9,11-13H2,1H3,(H,22,27)(H,23,26)(H,24,28)/t16-/m0/s1. The first kappa shape index (κ1) is 20.7. The Bertz CT molecular complexity index is 877. The van der Waals surface area contributed by atoms with Crippen LogP contribution in [0.3, 0.4) is 0 Å². The van der Waals surface area contributed by atoms with Crippen LogP contribution in [0.1, 0.15) is 12.1 Å². The van der Waals surface area contributed by atoms with Gasteiger partial charge in [-0.3, -0.25) is 19.5 Å². The van der Waals surface area contributed by atoms with E-state index in [1.54, 1.807) is 48.3 Å². The maximum atomic E-state index is 12.9. The molecular formula is C20H23N5O3S. The fourth-order valence-electron chi connectivity index (χ4n) is 2.95. The molecule has 0 bridgehead atoms. The Hall–Kier alpha value is -3.07. The number of aromatic nitrogens is 1. The van der Waals surface area contributed by atoms with Gasteiger partial charge in [0, 0.05) is 6.20 Å². The van der Waals surface area contributed by atoms with Crippen LogP contribution < -0.4 is 20.9 Å². The summed E-state index contributed by atoms with van der Waals surface area (Å²) in [7, 11) is 0. The SMILES string of the molecule is CSCC[C@H](NC(=O)N1CC(=O)Nc2ccccc21)C(=O)NCc1ccccn1. The highest BCUT2D eigenvalue weighted by Crippen LogP contribution is 2.28. The molecule has 0 radical (unpaired) electrons. The van der Waals surface area contributed by atoms with Gasteiger partial charge < -0.3 is 16.0 Å². The van der Waals surface area contributed by atoms with Crippen LogP contribution in [0.15, 0.2) is 48.7 Å². The van der Waals surface area contributed by atoms with Crippen molar-refractivity contribution in [2.45, 2.75) is 19.0 Å². The number of nitrogens with one attached hydrogen (secondary N) is 3. The molecule has 1 atom stereocenters. The molecule has 1 aromatic carbocycles. The quantitative estimate of drug-likeness (QED) is 0.644. The van der Waals surface area contributed by atoms with Gasteiger partial charge >= 0.3 is 6.03 Å². The van der Waals surface area contributed by atoms with Crippen molar-refractivity contribution in [2.24, 2.45) is 0 Å². The number of hydrogen-bond acceptors (Lipinski definition) is 5. The summed E-state index contributed by atoms with van der Waals surface area (Å²) >= 11 is 1.59. The van der Waals surface area contributed by atoms with Crippen LogP contribution in [0.2, 0.25) is 0 Å². The Morgan fingerprint density at radius 2 is 2.03 bits per heavy atom. The summed E-state index contributed by atoms with van der Waals surface area (Å²) in [6.45, 7) is 0.175. The van der Waals surface area contributed by atoms with Gasteiger partial charge in [0.05, 0.1) is 23.6 Å². The number of carbonyl (C=O) groups is 3. The Labute approximate surface area is 173 Å². The van der Waals surface area contributed by atoms with Crippen molar-refractivity contribution in [1.82, 2.24) is 15.6 Å². The molecule has 0 saturated heterocycles. The fourth-order valence-corrected chi connectivity index (χ4v) is 3.42. The highest BCUT2D eigenvalue weighted by Gasteiger charge is 2.29. The highest BCUT2D eigenvalue weighted by molar-refractivity contribution is 7.98. The molecule has 4 amide bonds. The van der Waals surface area contributed by atoms with E-state index in [4.69, 9.17) is 0 Å². The van der Waals surface area contributed by atoms with Crippen LogP contribution in [0.5, 0.6) is 0 Å². The summed E-state index contributed by atoms with van der Waals surface area (Å²) in [5.41, 5.74) is 1.90. The molecule has 152 valence electrons. The average molecular weight is 414 g/mol. The molecule has 0 saturated carbocycles. The van der Waals surface area contributed by atoms with Crippen LogP contribution in [0, 0.1) is 0 Å². The first-order valence-corrected chi connectivity index (χ1v) is 10.6. The van der Waals surface area contributed by atoms with Crippen LogP contribution in [0.25, 0.3) is 0 Å². The van der Waals surface area contributed by atoms with E-state index in [2.05, 4.69) is 20.9 Å². The second-order valence-electron chi connectivity index (χ2n) is 6.47. The first-order chi connectivity index (χ1) is 14.1. The maximum Gasteiger partial charge on any atom is 0.323 e. The lowest BCUT2D eigenvalue weighted by atomic mass is 10.2. The van der Waals surface area contributed by atoms with E-state index in [-0.39, 0.29) is 24.9 Å². The first-order valence-electron chi connectivity index (χ1n) is 9.22. The zero-order valence-corrected chi connectivity index (χ0v) is 16.9. The Morgan fingerprint density at radius 1 is 1.24 bits per heavy atom. The number of fused-ring (bicyclic) bond motifs is 1. The number of urea groups is 1. The average Bonchev–Trinajstić information content (AvgIpc) is 2.74. The van der Waals surface area contributed by atoms with Crippen LogP contribution in [-0.4, -0.2) is 47.4 Å². The molecule has 3 rings (SSSR count). The van der Waals surface area contributed by atoms with Gasteiger partial charge in [-0.05, 0) is 42.7 Å². The number of hydrogen-bond donors (Lipinski definition) is 3. The van der Waals surface area contributed by atoms with Gasteiger partial charge in [0.1, 0.15) is 12.6 Å². The molecule has 0 spiro atoms. The third-order valence-corrected chi connectivity index (χ3v) is 5.05. The van der Waals surface area contributed by atoms with E-state index < -0.39 is 12.1 Å². The van der Waals surface area contributed by atoms with Gasteiger partial charge in [-0.1, -0.05) is 18.2 Å². The largest absolute Gasteiger partial charge is 0.349 e. The number of pyridine rings is 1. The number of carbonyl (C=O) groups excluding carboxylic acids is 3. The molecule has 8 nitrogen and oxygen atoms in total. The van der Waals surface area contributed by atoms with Gasteiger partial charge in [0.25, 0.3) is 0 Å². The smallest absolute Gasteiger partial charge is 0.323 e. The molecule has 9 heteroatoms. The molecular weight excluding hydrogens is 390 g/mol. The molecule has 3 N–H and O–H groups in total. The zero-order chi connectivity index (χ0) is 20.6. The van der Waals surface area contributed by atoms with Crippen molar-refractivity contribution >= 4 is 41.0 Å². The maximum absolute atomic E-state index is 12.9. The van der Waals surface area contributed by atoms with Gasteiger partial charge in [0.2, 0.25) is 11.8 Å². The predicted molar refractivity (Wildman–Crippen MR) is 114 cm³/mol. The lowest BCUT2D eigenvalue weighted by molar-refractivity contribution is -0.123. The normalized spacial score (nSPS) is 13.8. The number of amides is 4. The zero-order valence-electron chi connectivity index (χ0n) is 16.1. The summed E-state index contributed by atoms with van der Waals surface area (Å²) < 4.78 is 0. The number of benzene rings is 1. The molecule has 1 aliphatic rings. The van der Waals surface area contributed by atoms with Crippen LogP contribution in [-0.2, 0) is 16.1 Å². The lowest BCUT2D eigenvalue weighted by Crippen LogP contribution is -2.54. The third-order valence-electron chi connectivity index (χ3n) is 4.41. The highest BCUT2D eigenvalue weighted by atomic mass is 32.2. The van der Waals surface area contributed by atoms with Gasteiger partial charge in [-0.2, -0.15) is 11.8 Å². The van der Waals surface area contributed by atoms with Crippen molar-refractivity contribution in [3.05, 3.63) is 54.4 Å². The molecule has 0 aliphatic carbocycles. The van der Waals surface area contributed by atoms with Crippen molar-refractivity contribution in [1.29, 1.82) is 0 Å². The molecule has 2 heterocycles. The monoisotopic (exact) mass is 413 g/mol. The summed E-state index contributed by atoms with van der Waals surface area (Å²) in [6, 6.07) is 11.3. The third kappa shape index (κ3) is 5.47. The second kappa shape index (κ2) is 9.92. The number of rotatable bonds is 7. The van der Waals surface area contributed by atoms with Crippen molar-refractivity contribution < 1.29 is 14.4 Å². The van der Waals surface area contributed by atoms with E-state index >= 15 is 0 Å². The topological polar surface area (TPSA) is 103 Å². The van der Waals surface area contributed by atoms with Crippen molar-refractivity contribution in [3.8, 4) is 0 Å². The van der Waals surface area contributed by atoms with E-state index in [0.717, 1.165) is 5.69 Å². The van der Waals surface area contributed by atoms with E-state index in [1.165, 1.54) is 4.90 Å². The fraction of sp³-hybridized carbons (Fsp3) is 0.300. The van der Waals surface area contributed by atoms with Gasteiger partial charge in [-0.15, -0.1) is 0 Å². The van der Waals surface area contributed by atoms with Crippen molar-refractivity contribution in [2.75, 3.05) is 28.8 Å². The van der Waals surface area contributed by atoms with E-state index in [0.29, 0.717) is 23.5 Å². The Morgan fingerprint density at radius 3 is 2.79 bits per heavy atom. The Kier molecular flexibility index (Phi) is 7.07. The molecule has 1 aromatic heterocycles. The van der Waals surface area contributed by atoms with Gasteiger partial charge in [-0.25, -0.2) is 4.79 Å². The van der Waals surface area contributed by atoms with E-state index in [1.807, 2.05) is 18.4 Å². The van der Waals surface area contributed by atoms with E-state index in [9.17, 15) is 14.4 Å². The molecule has 0 unspecified atom stereocenters. The minimum atomic E-state index is -0.712. The van der Waals surface area contributed by atoms with Crippen molar-refractivity contribution in [3.63, 3.8) is 0 Å². The number of para-hydroxylation sites is 2. The lowest BCUT2D eigenvalue weighted by Gasteiger charge is -2.30. The van der Waals surface area contributed by atoms with Crippen LogP contribution in [0.4, 0.5) is 16.2 Å². The summed E-state index contributed by atoms with van der Waals surface area (Å²) in [5.74, 6) is 0.144. The molecule has 0 fully saturated rings. The summed E-state index contributed by atoms with van der Waals surface area (Å²) in [4.78, 5) is 43.1.